The molecule has 18 heavy (non-hydrogen) atoms. The molecular formula is C13H17F2NOS. The van der Waals surface area contributed by atoms with Gasteiger partial charge in [0.15, 0.2) is 0 Å². The van der Waals surface area contributed by atoms with E-state index in [1.165, 1.54) is 24.4 Å². The van der Waals surface area contributed by atoms with E-state index in [0.717, 1.165) is 6.92 Å². The number of rotatable bonds is 3. The first-order chi connectivity index (χ1) is 8.10. The molecule has 0 amide bonds. The van der Waals surface area contributed by atoms with Crippen LogP contribution < -0.4 is 0 Å². The van der Waals surface area contributed by atoms with Gasteiger partial charge in [-0.1, -0.05) is 18.2 Å². The minimum absolute atomic E-state index is 0.0759. The first-order valence-electron chi connectivity index (χ1n) is 5.55. The molecule has 0 radical (unpaired) electrons. The zero-order valence-corrected chi connectivity index (χ0v) is 11.7. The van der Waals surface area contributed by atoms with Crippen molar-refractivity contribution in [2.75, 3.05) is 0 Å². The minimum Gasteiger partial charge on any atom is -0.234 e. The van der Waals surface area contributed by atoms with Gasteiger partial charge in [0.25, 0.3) is 5.92 Å². The summed E-state index contributed by atoms with van der Waals surface area (Å²) in [6, 6.07) is 5.90. The summed E-state index contributed by atoms with van der Waals surface area (Å²) in [6.45, 7) is 6.25. The summed E-state index contributed by atoms with van der Waals surface area (Å²) < 4.78 is 41.4. The van der Waals surface area contributed by atoms with Gasteiger partial charge < -0.3 is 0 Å². The van der Waals surface area contributed by atoms with Crippen LogP contribution in [0.3, 0.4) is 0 Å². The summed E-state index contributed by atoms with van der Waals surface area (Å²) in [6.07, 6.45) is 1.37. The maximum absolute atomic E-state index is 13.1. The molecule has 0 bridgehead atoms. The van der Waals surface area contributed by atoms with Crippen LogP contribution in [-0.4, -0.2) is 15.2 Å². The second-order valence-corrected chi connectivity index (χ2v) is 7.04. The van der Waals surface area contributed by atoms with Gasteiger partial charge in [0.1, 0.15) is 11.0 Å². The normalized spacial score (nSPS) is 15.0. The highest BCUT2D eigenvalue weighted by atomic mass is 32.2. The summed E-state index contributed by atoms with van der Waals surface area (Å²) in [5.41, 5.74) is 0.444. The van der Waals surface area contributed by atoms with Crippen molar-refractivity contribution in [2.24, 2.45) is 4.40 Å². The third-order valence-electron chi connectivity index (χ3n) is 2.21. The van der Waals surface area contributed by atoms with E-state index in [9.17, 15) is 13.0 Å². The molecule has 1 rings (SSSR count). The zero-order chi connectivity index (χ0) is 14.0. The molecule has 0 aliphatic rings. The topological polar surface area (TPSA) is 29.4 Å². The van der Waals surface area contributed by atoms with E-state index < -0.39 is 21.7 Å². The molecule has 0 fully saturated rings. The Morgan fingerprint density at radius 2 is 1.83 bits per heavy atom. The standard InChI is InChI=1S/C13H17F2NOS/c1-12(2,3)18(17)16-9-10-6-5-7-11(8-10)13(4,14)15/h5-9H,1-4H3/t18-/m0/s1. The Balaban J connectivity index is 2.93. The molecule has 0 saturated carbocycles. The molecule has 0 aliphatic carbocycles. The highest BCUT2D eigenvalue weighted by molar-refractivity contribution is 7.85. The van der Waals surface area contributed by atoms with Gasteiger partial charge in [-0.25, -0.2) is 13.0 Å². The lowest BCUT2D eigenvalue weighted by atomic mass is 10.1. The summed E-state index contributed by atoms with van der Waals surface area (Å²) in [7, 11) is -1.38. The molecule has 0 aromatic heterocycles. The van der Waals surface area contributed by atoms with Crippen LogP contribution in [0.5, 0.6) is 0 Å². The molecule has 0 spiro atoms. The molecule has 1 aromatic rings. The highest BCUT2D eigenvalue weighted by Gasteiger charge is 2.24. The summed E-state index contributed by atoms with van der Waals surface area (Å²) in [5.74, 6) is -2.88. The third-order valence-corrected chi connectivity index (χ3v) is 3.56. The molecular weight excluding hydrogens is 256 g/mol. The van der Waals surface area contributed by atoms with Gasteiger partial charge in [0, 0.05) is 18.7 Å². The number of halogens is 2. The maximum atomic E-state index is 13.1. The number of benzene rings is 1. The van der Waals surface area contributed by atoms with Crippen LogP contribution in [0.1, 0.15) is 38.8 Å². The monoisotopic (exact) mass is 273 g/mol. The number of hydrogen-bond acceptors (Lipinski definition) is 1. The molecule has 1 aromatic carbocycles. The van der Waals surface area contributed by atoms with E-state index in [-0.39, 0.29) is 5.56 Å². The average molecular weight is 273 g/mol. The largest absolute Gasteiger partial charge is 0.270 e. The van der Waals surface area contributed by atoms with Crippen molar-refractivity contribution in [3.05, 3.63) is 35.4 Å². The second-order valence-electron chi connectivity index (χ2n) is 5.11. The lowest BCUT2D eigenvalue weighted by molar-refractivity contribution is 0.0174. The van der Waals surface area contributed by atoms with Gasteiger partial charge in [-0.2, -0.15) is 4.40 Å². The first-order valence-corrected chi connectivity index (χ1v) is 6.66. The quantitative estimate of drug-likeness (QED) is 0.772. The molecule has 1 atom stereocenters. The van der Waals surface area contributed by atoms with Crippen LogP contribution in [-0.2, 0) is 16.9 Å². The van der Waals surface area contributed by atoms with E-state index in [1.54, 1.807) is 26.8 Å². The van der Waals surface area contributed by atoms with Crippen LogP contribution in [0.4, 0.5) is 8.78 Å². The van der Waals surface area contributed by atoms with Crippen molar-refractivity contribution in [1.82, 2.24) is 0 Å². The van der Waals surface area contributed by atoms with Crippen molar-refractivity contribution >= 4 is 17.2 Å². The van der Waals surface area contributed by atoms with Crippen LogP contribution in [0, 0.1) is 0 Å². The molecule has 0 aliphatic heterocycles. The average Bonchev–Trinajstić information content (AvgIpc) is 2.23. The van der Waals surface area contributed by atoms with Gasteiger partial charge in [0.2, 0.25) is 0 Å². The molecule has 0 heterocycles. The summed E-state index contributed by atoms with van der Waals surface area (Å²) >= 11 is 0. The number of alkyl halides is 2. The van der Waals surface area contributed by atoms with Gasteiger partial charge >= 0.3 is 0 Å². The van der Waals surface area contributed by atoms with Gasteiger partial charge in [-0.3, -0.25) is 0 Å². The Kier molecular flexibility index (Phi) is 4.37. The van der Waals surface area contributed by atoms with Gasteiger partial charge in [-0.15, -0.1) is 0 Å². The van der Waals surface area contributed by atoms with Crippen molar-refractivity contribution < 1.29 is 13.0 Å². The Hall–Kier alpha value is -1.10. The van der Waals surface area contributed by atoms with E-state index >= 15 is 0 Å². The zero-order valence-electron chi connectivity index (χ0n) is 10.9. The summed E-state index contributed by atoms with van der Waals surface area (Å²) in [5, 5.41) is 0. The van der Waals surface area contributed by atoms with Crippen molar-refractivity contribution in [1.29, 1.82) is 0 Å². The van der Waals surface area contributed by atoms with E-state index in [4.69, 9.17) is 0 Å². The Morgan fingerprint density at radius 1 is 1.22 bits per heavy atom. The molecule has 0 unspecified atom stereocenters. The predicted octanol–water partition coefficient (Wildman–Crippen LogP) is 3.68. The Bertz CT molecular complexity index is 473. The number of nitrogens with zero attached hydrogens (tertiary/aromatic N) is 1. The fourth-order valence-corrected chi connectivity index (χ4v) is 1.69. The maximum Gasteiger partial charge on any atom is 0.270 e. The smallest absolute Gasteiger partial charge is 0.234 e. The van der Waals surface area contributed by atoms with Crippen LogP contribution in [0.25, 0.3) is 0 Å². The highest BCUT2D eigenvalue weighted by Crippen LogP contribution is 2.27. The number of hydrogen-bond donors (Lipinski definition) is 0. The van der Waals surface area contributed by atoms with Crippen molar-refractivity contribution in [3.63, 3.8) is 0 Å². The first kappa shape index (κ1) is 15.0. The predicted molar refractivity (Wildman–Crippen MR) is 71.5 cm³/mol. The lowest BCUT2D eigenvalue weighted by Crippen LogP contribution is -2.19. The van der Waals surface area contributed by atoms with Gasteiger partial charge in [0.05, 0.1) is 4.75 Å². The Morgan fingerprint density at radius 3 is 2.33 bits per heavy atom. The van der Waals surface area contributed by atoms with Crippen LogP contribution in [0.15, 0.2) is 28.7 Å². The third kappa shape index (κ3) is 4.29. The van der Waals surface area contributed by atoms with Crippen molar-refractivity contribution in [2.45, 2.75) is 38.4 Å². The van der Waals surface area contributed by atoms with Crippen molar-refractivity contribution in [3.8, 4) is 0 Å². The van der Waals surface area contributed by atoms with E-state index in [2.05, 4.69) is 4.40 Å². The van der Waals surface area contributed by atoms with Crippen LogP contribution in [0.2, 0.25) is 0 Å². The fraction of sp³-hybridized carbons (Fsp3) is 0.462. The Labute approximate surface area is 109 Å². The molecule has 0 N–H and O–H groups in total. The van der Waals surface area contributed by atoms with Gasteiger partial charge in [-0.05, 0) is 32.4 Å². The SMILES string of the molecule is CC(F)(F)c1cccc(C=N[S@@](=O)C(C)(C)C)c1. The lowest BCUT2D eigenvalue weighted by Gasteiger charge is -2.13. The van der Waals surface area contributed by atoms with Crippen LogP contribution >= 0.6 is 0 Å². The molecule has 2 nitrogen and oxygen atoms in total. The fourth-order valence-electron chi connectivity index (χ4n) is 1.16. The summed E-state index contributed by atoms with van der Waals surface area (Å²) in [4.78, 5) is 0. The minimum atomic E-state index is -2.88. The van der Waals surface area contributed by atoms with E-state index in [0.29, 0.717) is 5.56 Å². The molecule has 100 valence electrons. The molecule has 5 heteroatoms. The molecule has 0 saturated heterocycles. The van der Waals surface area contributed by atoms with E-state index in [1.807, 2.05) is 0 Å². The second kappa shape index (κ2) is 5.26.